The molecule has 36 N–H and O–H groups in total. The van der Waals surface area contributed by atoms with Crippen molar-refractivity contribution in [3.63, 3.8) is 0 Å². The summed E-state index contributed by atoms with van der Waals surface area (Å²) in [5.41, 5.74) is 0. The number of carbonyl (C=O) groups is 6. The zero-order valence-electron chi connectivity index (χ0n) is 76.4. The normalized spacial score (nSPS) is 48.0. The predicted octanol–water partition coefficient (Wildman–Crippen LogP) is -24.0. The number of ether oxygens (including phenoxy) is 21. The van der Waals surface area contributed by atoms with Crippen LogP contribution in [0.4, 0.5) is 0 Å². The summed E-state index contributed by atoms with van der Waals surface area (Å²) in [4.78, 5) is 78.0. The standard InChI is InChI=1S/C79H131N5O58/c1-18-40(101)50(111)54(115)72(123-18)137-63-39(84-23(6)98)71(131-33(16-93)61(63)136-73-55(116)51(112)42(103)26(9-86)125-73)140-67-53(114)44(105)28(11-88)128-77(67)138-64-46(107)34(132-74(56(64)117)134-59-31(14-91)129-69(37(48(59)109)82-21(4)96)133-58-30(13-90)124-68(119)36(47(58)108)81-20(3)95)17-122-76-66(52(113)43(104)27(10-87)127-76)139-70-38(83-22(5)97)49(110)60(32(15-92)130-70)135-75-57(118)65(45(106)29(12-89)126-75)142-79(78(120)121)7-24(99)35(80-19(2)94)62(141-79)41(102)25(100)8-85/h18,24-77,85-93,99-119H,7-17H2,1-6H3,(H,80,94)(H,81,95)(H,82,96)(H,83,97)(H,84,98)(H,120,121)/t18-,24-,25+,26+,27+,28+,29+,30+,31+,32+,33+,34+,35+,36+,37+,38+,39+,40+,41+,42-,43+,44+,45-,46+,47+,48+,49+,50+,51-,52-,53-,54-,55+,56-,57+,58+,59+,60+,61+,62+,63+,64-,65-,66-,67-,68+,69-,70-,71-,72-,73-,74-,75-,76-,77+,79-/m0/s1. The van der Waals surface area contributed by atoms with Crippen LogP contribution in [0.2, 0.25) is 0 Å². The van der Waals surface area contributed by atoms with Gasteiger partial charge >= 0.3 is 5.97 Å². The molecule has 56 atom stereocenters. The van der Waals surface area contributed by atoms with Crippen LogP contribution in [0.25, 0.3) is 0 Å². The van der Waals surface area contributed by atoms with Gasteiger partial charge in [0.25, 0.3) is 5.79 Å². The number of carbonyl (C=O) groups excluding carboxylic acids is 5. The third-order valence-electron chi connectivity index (χ3n) is 25.9. The Morgan fingerprint density at radius 2 is 0.627 bits per heavy atom. The number of aliphatic hydroxyl groups excluding tert-OH is 30. The van der Waals surface area contributed by atoms with E-state index in [1.165, 1.54) is 6.92 Å². The second-order valence-electron chi connectivity index (χ2n) is 35.9. The van der Waals surface area contributed by atoms with Crippen LogP contribution < -0.4 is 26.6 Å². The van der Waals surface area contributed by atoms with Crippen molar-refractivity contribution in [3.05, 3.63) is 0 Å². The molecule has 11 saturated heterocycles. The highest BCUT2D eigenvalue weighted by molar-refractivity contribution is 5.77. The highest BCUT2D eigenvalue weighted by Gasteiger charge is 2.65. The molecule has 0 aliphatic carbocycles. The second kappa shape index (κ2) is 50.6. The van der Waals surface area contributed by atoms with Crippen LogP contribution in [0, 0.1) is 0 Å². The molecule has 11 aliphatic rings. The molecule has 11 rings (SSSR count). The lowest BCUT2D eigenvalue weighted by molar-refractivity contribution is -0.403. The van der Waals surface area contributed by atoms with E-state index in [0.717, 1.165) is 34.6 Å². The summed E-state index contributed by atoms with van der Waals surface area (Å²) >= 11 is 0. The lowest BCUT2D eigenvalue weighted by Crippen LogP contribution is -2.71. The third kappa shape index (κ3) is 25.6. The van der Waals surface area contributed by atoms with Crippen molar-refractivity contribution in [3.8, 4) is 0 Å². The summed E-state index contributed by atoms with van der Waals surface area (Å²) in [6.07, 6.45) is -112. The van der Waals surface area contributed by atoms with Gasteiger partial charge in [0.15, 0.2) is 62.9 Å². The molecular weight excluding hydrogens is 1950 g/mol. The number of aliphatic carboxylic acids is 1. The Kier molecular flexibility index (Phi) is 41.7. The van der Waals surface area contributed by atoms with E-state index in [-0.39, 0.29) is 0 Å². The number of rotatable bonds is 38. The summed E-state index contributed by atoms with van der Waals surface area (Å²) in [6, 6.07) is -9.76. The van der Waals surface area contributed by atoms with Gasteiger partial charge in [-0.3, -0.25) is 24.0 Å². The molecule has 11 heterocycles. The zero-order valence-corrected chi connectivity index (χ0v) is 76.4. The molecular formula is C79H131N5O58. The van der Waals surface area contributed by atoms with Gasteiger partial charge in [0, 0.05) is 41.0 Å². The average Bonchev–Trinajstić information content (AvgIpc) is 0.729. The first-order valence-corrected chi connectivity index (χ1v) is 45.1. The van der Waals surface area contributed by atoms with Crippen LogP contribution in [0.5, 0.6) is 0 Å². The van der Waals surface area contributed by atoms with Gasteiger partial charge in [0.05, 0.1) is 84.3 Å². The van der Waals surface area contributed by atoms with E-state index < -0.39 is 451 Å². The van der Waals surface area contributed by atoms with Crippen molar-refractivity contribution in [2.45, 2.75) is 391 Å². The first kappa shape index (κ1) is 117. The Bertz CT molecular complexity index is 4010. The lowest BCUT2D eigenvalue weighted by atomic mass is 9.88. The number of hydrogen-bond donors (Lipinski definition) is 36. The number of hydrogen-bond acceptors (Lipinski definition) is 57. The first-order valence-electron chi connectivity index (χ1n) is 45.1. The lowest BCUT2D eigenvalue weighted by Gasteiger charge is -2.52. The van der Waals surface area contributed by atoms with Crippen LogP contribution in [-0.2, 0) is 128 Å². The van der Waals surface area contributed by atoms with Crippen LogP contribution in [-0.4, -0.2) is 603 Å². The smallest absolute Gasteiger partial charge is 0.364 e. The molecule has 63 heteroatoms. The number of aliphatic hydroxyl groups is 30. The monoisotopic (exact) mass is 2080 g/mol. The van der Waals surface area contributed by atoms with E-state index in [4.69, 9.17) is 99.5 Å². The van der Waals surface area contributed by atoms with E-state index >= 15 is 0 Å². The minimum Gasteiger partial charge on any atom is -0.477 e. The van der Waals surface area contributed by atoms with E-state index in [0.29, 0.717) is 0 Å². The molecule has 0 unspecified atom stereocenters. The molecule has 5 amide bonds. The second-order valence-corrected chi connectivity index (χ2v) is 35.9. The van der Waals surface area contributed by atoms with Gasteiger partial charge in [-0.25, -0.2) is 4.79 Å². The minimum absolute atomic E-state index is 0.830. The highest BCUT2D eigenvalue weighted by Crippen LogP contribution is 2.44. The summed E-state index contributed by atoms with van der Waals surface area (Å²) < 4.78 is 126. The zero-order chi connectivity index (χ0) is 105. The fraction of sp³-hybridized carbons (Fsp3) is 0.924. The molecule has 0 aromatic rings. The van der Waals surface area contributed by atoms with Gasteiger partial charge in [-0.15, -0.1) is 0 Å². The van der Waals surface area contributed by atoms with Gasteiger partial charge in [0.2, 0.25) is 29.5 Å². The first-order chi connectivity index (χ1) is 67.0. The number of carboxylic acids is 1. The maximum Gasteiger partial charge on any atom is 0.364 e. The Labute approximate surface area is 803 Å². The number of amides is 5. The summed E-state index contributed by atoms with van der Waals surface area (Å²) in [6.45, 7) is -6.54. The Balaban J connectivity index is 0.933. The Morgan fingerprint density at radius 1 is 0.303 bits per heavy atom. The maximum atomic E-state index is 13.6. The Morgan fingerprint density at radius 3 is 1.09 bits per heavy atom. The average molecular weight is 2080 g/mol. The molecule has 0 aromatic carbocycles. The molecule has 0 radical (unpaired) electrons. The number of nitrogens with one attached hydrogen (secondary N) is 5. The van der Waals surface area contributed by atoms with Crippen molar-refractivity contribution in [1.82, 2.24) is 26.6 Å². The molecule has 820 valence electrons. The van der Waals surface area contributed by atoms with E-state index in [9.17, 15) is 187 Å². The molecule has 142 heavy (non-hydrogen) atoms. The van der Waals surface area contributed by atoms with E-state index in [1.807, 2.05) is 0 Å². The van der Waals surface area contributed by atoms with Crippen LogP contribution >= 0.6 is 0 Å². The van der Waals surface area contributed by atoms with Crippen LogP contribution in [0.15, 0.2) is 0 Å². The number of carboxylic acid groups (broad SMARTS) is 1. The highest BCUT2D eigenvalue weighted by atomic mass is 16.8. The van der Waals surface area contributed by atoms with Crippen molar-refractivity contribution in [2.24, 2.45) is 0 Å². The molecule has 63 nitrogen and oxygen atoms in total. The fourth-order valence-electron chi connectivity index (χ4n) is 18.5. The molecule has 11 aliphatic heterocycles. The molecule has 0 saturated carbocycles. The van der Waals surface area contributed by atoms with E-state index in [1.54, 1.807) is 0 Å². The van der Waals surface area contributed by atoms with Gasteiger partial charge in [-0.05, 0) is 6.92 Å². The fourth-order valence-corrected chi connectivity index (χ4v) is 18.5. The SMILES string of the molecule is CC(=O)N[C@@H]1[C@@H](O)[C@H](O[C@@H]2O[C@H](CO)[C@@H](O[C@@H]3O[C@H](CO[C@H]4O[C@H](CO)[C@@H](O)[C@H](O)[C@@H]4O[C@@H]4O[C@H](CO)[C@@H](O[C@@H]5O[C@H](CO)[C@H](O)[C@H](O[C@]6(C(=O)O)C[C@H](O)[C@@H](NC(C)=O)[C@H]([C@H](O)[C@H](O)CO)O6)[C@H]5O)[C@H](O)[C@H]4NC(C)=O)[C@@H](O)[C@H](O[C@H]4O[C@H](CO)[C@@H](O)[C@H](O)[C@@H]4O[C@@H]4O[C@H](CO)[C@@H](O[C@@H]5O[C@H](CO)[C@H](O)[C@H](O)[C@H]5O)[C@H](O[C@@H]5O[C@@H](C)[C@@H](O)[C@@H](O)[C@@H]5O)[C@H]4NC(C)=O)[C@@H]3O)[C@H](O)[C@H]2NC(C)=O)[C@@H](CO)O[C@H]1O. The van der Waals surface area contributed by atoms with Crippen LogP contribution in [0.3, 0.4) is 0 Å². The van der Waals surface area contributed by atoms with Gasteiger partial charge in [-0.2, -0.15) is 0 Å². The van der Waals surface area contributed by atoms with Crippen LogP contribution in [0.1, 0.15) is 48.0 Å². The topological polar surface area (TPSA) is 984 Å². The molecule has 0 bridgehead atoms. The predicted molar refractivity (Wildman–Crippen MR) is 436 cm³/mol. The largest absolute Gasteiger partial charge is 0.477 e. The van der Waals surface area contributed by atoms with Gasteiger partial charge < -0.3 is 284 Å². The molecule has 0 aromatic heterocycles. The summed E-state index contributed by atoms with van der Waals surface area (Å²) in [5.74, 6) is -10.4. The molecule has 11 fully saturated rings. The Hall–Kier alpha value is -5.22. The quantitative estimate of drug-likeness (QED) is 0.0273. The summed E-state index contributed by atoms with van der Waals surface area (Å²) in [5, 5.41) is 362. The summed E-state index contributed by atoms with van der Waals surface area (Å²) in [7, 11) is 0. The van der Waals surface area contributed by atoms with Crippen molar-refractivity contribution >= 4 is 35.5 Å². The van der Waals surface area contributed by atoms with Crippen molar-refractivity contribution in [1.29, 1.82) is 0 Å². The maximum absolute atomic E-state index is 13.6. The van der Waals surface area contributed by atoms with E-state index in [2.05, 4.69) is 26.6 Å². The van der Waals surface area contributed by atoms with Gasteiger partial charge in [0.1, 0.15) is 256 Å². The van der Waals surface area contributed by atoms with Crippen molar-refractivity contribution in [2.75, 3.05) is 66.1 Å². The van der Waals surface area contributed by atoms with Gasteiger partial charge in [-0.1, -0.05) is 0 Å². The van der Waals surface area contributed by atoms with Crippen molar-refractivity contribution < 1.29 is 287 Å². The minimum atomic E-state index is -3.34. The third-order valence-corrected chi connectivity index (χ3v) is 25.9. The molecule has 0 spiro atoms.